The number of rotatable bonds is 5. The second-order valence-electron chi connectivity index (χ2n) is 6.87. The smallest absolute Gasteiger partial charge is 0.246 e. The maximum absolute atomic E-state index is 12.0. The Balaban J connectivity index is 2.54. The van der Waals surface area contributed by atoms with Crippen molar-refractivity contribution in [1.29, 1.82) is 0 Å². The predicted octanol–water partition coefficient (Wildman–Crippen LogP) is 2.85. The Morgan fingerprint density at radius 1 is 1.17 bits per heavy atom. The molecular formula is C15H25NO2. The van der Waals surface area contributed by atoms with Crippen LogP contribution >= 0.6 is 0 Å². The summed E-state index contributed by atoms with van der Waals surface area (Å²) in [7, 11) is 0. The molecule has 0 spiro atoms. The van der Waals surface area contributed by atoms with Crippen LogP contribution in [0.4, 0.5) is 0 Å². The van der Waals surface area contributed by atoms with E-state index in [1.165, 1.54) is 6.92 Å². The van der Waals surface area contributed by atoms with E-state index in [0.29, 0.717) is 18.4 Å². The van der Waals surface area contributed by atoms with E-state index < -0.39 is 0 Å². The van der Waals surface area contributed by atoms with Gasteiger partial charge in [0.25, 0.3) is 0 Å². The molecule has 3 heteroatoms. The van der Waals surface area contributed by atoms with Gasteiger partial charge >= 0.3 is 0 Å². The molecule has 0 radical (unpaired) electrons. The lowest BCUT2D eigenvalue weighted by atomic mass is 9.52. The maximum Gasteiger partial charge on any atom is 0.246 e. The molecule has 0 bridgehead atoms. The Morgan fingerprint density at radius 2 is 1.67 bits per heavy atom. The fourth-order valence-corrected chi connectivity index (χ4v) is 3.37. The summed E-state index contributed by atoms with van der Waals surface area (Å²) in [5.74, 6) is -0.0182. The minimum atomic E-state index is -0.109. The third kappa shape index (κ3) is 3.21. The van der Waals surface area contributed by atoms with Crippen LogP contribution in [0.2, 0.25) is 0 Å². The maximum atomic E-state index is 12.0. The van der Waals surface area contributed by atoms with Crippen LogP contribution in [0.15, 0.2) is 12.2 Å². The summed E-state index contributed by atoms with van der Waals surface area (Å²) >= 11 is 0. The van der Waals surface area contributed by atoms with E-state index >= 15 is 0 Å². The molecule has 1 amide bonds. The summed E-state index contributed by atoms with van der Waals surface area (Å²) in [6.07, 6.45) is 1.95. The largest absolute Gasteiger partial charge is 0.349 e. The fraction of sp³-hybridized carbons (Fsp3) is 0.733. The van der Waals surface area contributed by atoms with Gasteiger partial charge in [0.15, 0.2) is 0 Å². The second kappa shape index (κ2) is 4.87. The van der Waals surface area contributed by atoms with E-state index in [1.54, 1.807) is 0 Å². The SMILES string of the molecule is C=C(CCC(C)=O)C(=O)NC1C(C)(C)CC1(C)C. The quantitative estimate of drug-likeness (QED) is 0.764. The fourth-order valence-electron chi connectivity index (χ4n) is 3.37. The number of carbonyl (C=O) groups excluding carboxylic acids is 2. The van der Waals surface area contributed by atoms with Gasteiger partial charge in [0.05, 0.1) is 0 Å². The molecule has 0 heterocycles. The average Bonchev–Trinajstić information content (AvgIpc) is 2.20. The molecule has 0 aromatic rings. The topological polar surface area (TPSA) is 46.2 Å². The van der Waals surface area contributed by atoms with Gasteiger partial charge in [-0.2, -0.15) is 0 Å². The molecule has 0 saturated heterocycles. The monoisotopic (exact) mass is 251 g/mol. The second-order valence-corrected chi connectivity index (χ2v) is 6.87. The molecule has 1 aliphatic carbocycles. The van der Waals surface area contributed by atoms with Crippen molar-refractivity contribution in [1.82, 2.24) is 5.32 Å². The molecule has 1 saturated carbocycles. The standard InChI is InChI=1S/C15H25NO2/c1-10(7-8-11(2)17)12(18)16-13-14(3,4)9-15(13,5)6/h13H,1,7-9H2,2-6H3,(H,16,18). The van der Waals surface area contributed by atoms with Gasteiger partial charge in [0.2, 0.25) is 5.91 Å². The van der Waals surface area contributed by atoms with E-state index in [9.17, 15) is 9.59 Å². The van der Waals surface area contributed by atoms with Crippen molar-refractivity contribution in [3.05, 3.63) is 12.2 Å². The number of amides is 1. The Bertz CT molecular complexity index is 366. The van der Waals surface area contributed by atoms with Crippen LogP contribution in [0.25, 0.3) is 0 Å². The molecule has 1 rings (SSSR count). The lowest BCUT2D eigenvalue weighted by Gasteiger charge is -2.57. The van der Waals surface area contributed by atoms with Crippen molar-refractivity contribution < 1.29 is 9.59 Å². The zero-order valence-corrected chi connectivity index (χ0v) is 12.2. The summed E-state index contributed by atoms with van der Waals surface area (Å²) in [5, 5.41) is 3.07. The lowest BCUT2D eigenvalue weighted by Crippen LogP contribution is -2.63. The van der Waals surface area contributed by atoms with Crippen molar-refractivity contribution in [2.75, 3.05) is 0 Å². The molecule has 0 aromatic heterocycles. The van der Waals surface area contributed by atoms with E-state index in [1.807, 2.05) is 0 Å². The molecule has 1 aliphatic rings. The molecule has 0 atom stereocenters. The number of carbonyl (C=O) groups is 2. The minimum absolute atomic E-state index is 0.0910. The van der Waals surface area contributed by atoms with Gasteiger partial charge in [-0.25, -0.2) is 0 Å². The minimum Gasteiger partial charge on any atom is -0.349 e. The molecular weight excluding hydrogens is 226 g/mol. The zero-order chi connectivity index (χ0) is 14.1. The highest BCUT2D eigenvalue weighted by Gasteiger charge is 2.53. The van der Waals surface area contributed by atoms with Crippen molar-refractivity contribution in [2.45, 2.75) is 59.9 Å². The van der Waals surface area contributed by atoms with Crippen LogP contribution in [0.3, 0.4) is 0 Å². The summed E-state index contributed by atoms with van der Waals surface area (Å²) in [6.45, 7) is 14.0. The third-order valence-corrected chi connectivity index (χ3v) is 3.85. The van der Waals surface area contributed by atoms with Gasteiger partial charge in [0.1, 0.15) is 5.78 Å². The predicted molar refractivity (Wildman–Crippen MR) is 73.2 cm³/mol. The summed E-state index contributed by atoms with van der Waals surface area (Å²) in [5.41, 5.74) is 0.781. The summed E-state index contributed by atoms with van der Waals surface area (Å²) < 4.78 is 0. The van der Waals surface area contributed by atoms with E-state index in [2.05, 4.69) is 39.6 Å². The molecule has 1 fully saturated rings. The molecule has 1 N–H and O–H groups in total. The highest BCUT2D eigenvalue weighted by molar-refractivity contribution is 5.93. The van der Waals surface area contributed by atoms with Crippen LogP contribution in [0.5, 0.6) is 0 Å². The van der Waals surface area contributed by atoms with Gasteiger partial charge in [-0.15, -0.1) is 0 Å². The molecule has 18 heavy (non-hydrogen) atoms. The van der Waals surface area contributed by atoms with Gasteiger partial charge in [-0.3, -0.25) is 4.79 Å². The van der Waals surface area contributed by atoms with Crippen LogP contribution in [-0.4, -0.2) is 17.7 Å². The Hall–Kier alpha value is -1.12. The van der Waals surface area contributed by atoms with E-state index in [4.69, 9.17) is 0 Å². The number of ketones is 1. The molecule has 3 nitrogen and oxygen atoms in total. The molecule has 102 valence electrons. The van der Waals surface area contributed by atoms with Crippen molar-refractivity contribution in [2.24, 2.45) is 10.8 Å². The van der Waals surface area contributed by atoms with Gasteiger partial charge < -0.3 is 10.1 Å². The number of Topliss-reactive ketones (excluding diaryl/α,β-unsaturated/α-hetero) is 1. The Morgan fingerprint density at radius 3 is 2.06 bits per heavy atom. The van der Waals surface area contributed by atoms with Crippen molar-refractivity contribution in [3.8, 4) is 0 Å². The highest BCUT2D eigenvalue weighted by atomic mass is 16.2. The van der Waals surface area contributed by atoms with Crippen LogP contribution in [0.1, 0.15) is 53.9 Å². The average molecular weight is 251 g/mol. The highest BCUT2D eigenvalue weighted by Crippen LogP contribution is 2.53. The summed E-state index contributed by atoms with van der Waals surface area (Å²) in [6, 6.07) is 0.173. The zero-order valence-electron chi connectivity index (χ0n) is 12.2. The summed E-state index contributed by atoms with van der Waals surface area (Å²) in [4.78, 5) is 22.9. The van der Waals surface area contributed by atoms with Crippen molar-refractivity contribution >= 4 is 11.7 Å². The van der Waals surface area contributed by atoms with Crippen molar-refractivity contribution in [3.63, 3.8) is 0 Å². The normalized spacial score (nSPS) is 20.9. The van der Waals surface area contributed by atoms with E-state index in [-0.39, 0.29) is 28.6 Å². The number of nitrogens with one attached hydrogen (secondary N) is 1. The Labute approximate surface area is 110 Å². The third-order valence-electron chi connectivity index (χ3n) is 3.85. The molecule has 0 unspecified atom stereocenters. The van der Waals surface area contributed by atoms with Gasteiger partial charge in [0, 0.05) is 18.0 Å². The first kappa shape index (κ1) is 14.9. The van der Waals surface area contributed by atoms with Crippen LogP contribution in [0, 0.1) is 10.8 Å². The number of hydrogen-bond acceptors (Lipinski definition) is 2. The van der Waals surface area contributed by atoms with Gasteiger partial charge in [-0.05, 0) is 30.6 Å². The lowest BCUT2D eigenvalue weighted by molar-refractivity contribution is -0.125. The van der Waals surface area contributed by atoms with Gasteiger partial charge in [-0.1, -0.05) is 34.3 Å². The Kier molecular flexibility index (Phi) is 4.04. The first-order valence-electron chi connectivity index (χ1n) is 6.54. The van der Waals surface area contributed by atoms with E-state index in [0.717, 1.165) is 6.42 Å². The van der Waals surface area contributed by atoms with Crippen LogP contribution in [-0.2, 0) is 9.59 Å². The number of hydrogen-bond donors (Lipinski definition) is 1. The molecule has 0 aliphatic heterocycles. The molecule has 0 aromatic carbocycles. The van der Waals surface area contributed by atoms with Crippen LogP contribution < -0.4 is 5.32 Å². The first-order chi connectivity index (χ1) is 8.06. The first-order valence-corrected chi connectivity index (χ1v) is 6.54.